The lowest BCUT2D eigenvalue weighted by molar-refractivity contribution is 0.578. The van der Waals surface area contributed by atoms with Crippen LogP contribution >= 0.6 is 0 Å². The molecule has 3 aromatic carbocycles. The summed E-state index contributed by atoms with van der Waals surface area (Å²) in [4.78, 5) is 12.1. The van der Waals surface area contributed by atoms with Gasteiger partial charge in [0.2, 0.25) is 5.95 Å². The molecule has 8 heteroatoms. The van der Waals surface area contributed by atoms with E-state index in [0.29, 0.717) is 17.0 Å². The van der Waals surface area contributed by atoms with Crippen molar-refractivity contribution in [1.29, 1.82) is 0 Å². The Kier molecular flexibility index (Phi) is 7.92. The van der Waals surface area contributed by atoms with E-state index in [2.05, 4.69) is 54.1 Å². The highest BCUT2D eigenvalue weighted by Gasteiger charge is 2.22. The molecule has 2 aromatic heterocycles. The van der Waals surface area contributed by atoms with Crippen molar-refractivity contribution in [1.82, 2.24) is 13.9 Å². The monoisotopic (exact) mass is 589 g/mol. The van der Waals surface area contributed by atoms with Crippen LogP contribution in [0.1, 0.15) is 61.4 Å². The third kappa shape index (κ3) is 5.99. The topological polar surface area (TPSA) is 80.1 Å². The normalized spacial score (nSPS) is 13.6. The average molecular weight is 590 g/mol. The Balaban J connectivity index is 1.43. The molecule has 1 aliphatic rings. The molecule has 0 bridgehead atoms. The first-order valence-corrected chi connectivity index (χ1v) is 16.2. The van der Waals surface area contributed by atoms with Gasteiger partial charge >= 0.3 is 0 Å². The molecule has 43 heavy (non-hydrogen) atoms. The minimum atomic E-state index is -3.90. The largest absolute Gasteiger partial charge is 0.372 e. The molecule has 1 fully saturated rings. The highest BCUT2D eigenvalue weighted by molar-refractivity contribution is 7.90. The number of rotatable bonds is 6. The van der Waals surface area contributed by atoms with Gasteiger partial charge in [-0.25, -0.2) is 17.4 Å². The molecular formula is C35H35N5O2S. The number of aryl methyl sites for hydroxylation is 1. The molecule has 0 unspecified atom stereocenters. The van der Waals surface area contributed by atoms with E-state index in [4.69, 9.17) is 9.97 Å². The quantitative estimate of drug-likeness (QED) is 0.211. The third-order valence-electron chi connectivity index (χ3n) is 7.83. The number of hydrogen-bond acceptors (Lipinski definition) is 6. The van der Waals surface area contributed by atoms with Crippen LogP contribution in [0.2, 0.25) is 0 Å². The number of benzene rings is 3. The van der Waals surface area contributed by atoms with Gasteiger partial charge in [-0.1, -0.05) is 55.7 Å². The fourth-order valence-electron chi connectivity index (χ4n) is 5.44. The van der Waals surface area contributed by atoms with Crippen LogP contribution in [-0.2, 0) is 10.0 Å². The van der Waals surface area contributed by atoms with Crippen molar-refractivity contribution in [2.24, 2.45) is 0 Å². The standard InChI is InChI=1S/C35H35N5O2S/c1-25(2)31-10-6-5-9-27(31)13-20-33-32-21-24-40(43(41,42)30-18-11-26(3)12-19-30)34(32)38-35(37-33)36-28-14-16-29(17-15-28)39-22-7-4-8-23-39/h5-6,9-12,14-19,21,24-25H,4,7-8,22-23H2,1-3H3,(H,36,37,38). The second kappa shape index (κ2) is 11.9. The number of nitrogens with one attached hydrogen (secondary N) is 1. The van der Waals surface area contributed by atoms with Crippen LogP contribution in [0.4, 0.5) is 17.3 Å². The highest BCUT2D eigenvalue weighted by Crippen LogP contribution is 2.27. The Labute approximate surface area is 253 Å². The molecule has 5 aromatic rings. The fraction of sp³-hybridized carbons (Fsp3) is 0.257. The maximum atomic E-state index is 13.7. The van der Waals surface area contributed by atoms with Gasteiger partial charge in [0.25, 0.3) is 10.0 Å². The van der Waals surface area contributed by atoms with E-state index in [1.54, 1.807) is 30.3 Å². The molecule has 0 saturated carbocycles. The predicted molar refractivity (Wildman–Crippen MR) is 174 cm³/mol. The first-order chi connectivity index (χ1) is 20.8. The van der Waals surface area contributed by atoms with Gasteiger partial charge in [0, 0.05) is 36.2 Å². The molecule has 0 amide bonds. The summed E-state index contributed by atoms with van der Waals surface area (Å²) in [5.41, 5.74) is 5.76. The second-order valence-corrected chi connectivity index (χ2v) is 13.1. The van der Waals surface area contributed by atoms with E-state index < -0.39 is 10.0 Å². The molecule has 0 aliphatic carbocycles. The van der Waals surface area contributed by atoms with Crippen LogP contribution in [-0.4, -0.2) is 35.4 Å². The van der Waals surface area contributed by atoms with Crippen molar-refractivity contribution in [2.45, 2.75) is 50.8 Å². The molecule has 3 heterocycles. The summed E-state index contributed by atoms with van der Waals surface area (Å²) in [5.74, 6) is 7.11. The number of piperidine rings is 1. The van der Waals surface area contributed by atoms with Crippen LogP contribution in [0, 0.1) is 18.8 Å². The van der Waals surface area contributed by atoms with E-state index in [-0.39, 0.29) is 16.5 Å². The molecule has 1 saturated heterocycles. The number of fused-ring (bicyclic) bond motifs is 1. The summed E-state index contributed by atoms with van der Waals surface area (Å²) < 4.78 is 28.7. The molecule has 0 spiro atoms. The van der Waals surface area contributed by atoms with Crippen LogP contribution in [0.15, 0.2) is 90.0 Å². The zero-order valence-electron chi connectivity index (χ0n) is 24.7. The number of hydrogen-bond donors (Lipinski definition) is 1. The van der Waals surface area contributed by atoms with Crippen molar-refractivity contribution >= 4 is 38.4 Å². The minimum absolute atomic E-state index is 0.190. The summed E-state index contributed by atoms with van der Waals surface area (Å²) in [6.07, 6.45) is 5.24. The number of aromatic nitrogens is 3. The summed E-state index contributed by atoms with van der Waals surface area (Å²) in [6.45, 7) is 8.34. The van der Waals surface area contributed by atoms with E-state index in [1.165, 1.54) is 35.1 Å². The molecular weight excluding hydrogens is 554 g/mol. The van der Waals surface area contributed by atoms with Gasteiger partial charge in [0.15, 0.2) is 5.65 Å². The maximum Gasteiger partial charge on any atom is 0.269 e. The summed E-state index contributed by atoms with van der Waals surface area (Å²) in [6, 6.07) is 24.8. The van der Waals surface area contributed by atoms with Crippen molar-refractivity contribution in [3.05, 3.63) is 107 Å². The molecule has 0 atom stereocenters. The van der Waals surface area contributed by atoms with Crippen LogP contribution < -0.4 is 10.2 Å². The lowest BCUT2D eigenvalue weighted by Crippen LogP contribution is -2.29. The lowest BCUT2D eigenvalue weighted by Gasteiger charge is -2.28. The molecule has 7 nitrogen and oxygen atoms in total. The molecule has 6 rings (SSSR count). The zero-order valence-corrected chi connectivity index (χ0v) is 25.5. The van der Waals surface area contributed by atoms with Crippen LogP contribution in [0.5, 0.6) is 0 Å². The average Bonchev–Trinajstić information content (AvgIpc) is 3.46. The molecule has 1 N–H and O–H groups in total. The van der Waals surface area contributed by atoms with Gasteiger partial charge < -0.3 is 10.2 Å². The van der Waals surface area contributed by atoms with E-state index in [9.17, 15) is 8.42 Å². The van der Waals surface area contributed by atoms with E-state index in [1.807, 2.05) is 37.3 Å². The third-order valence-corrected chi connectivity index (χ3v) is 9.51. The van der Waals surface area contributed by atoms with Crippen molar-refractivity contribution in [2.75, 3.05) is 23.3 Å². The second-order valence-electron chi connectivity index (χ2n) is 11.3. The first-order valence-electron chi connectivity index (χ1n) is 14.7. The Morgan fingerprint density at radius 2 is 1.56 bits per heavy atom. The van der Waals surface area contributed by atoms with E-state index in [0.717, 1.165) is 35.5 Å². The maximum absolute atomic E-state index is 13.7. The summed E-state index contributed by atoms with van der Waals surface area (Å²) in [5, 5.41) is 3.86. The van der Waals surface area contributed by atoms with Crippen molar-refractivity contribution < 1.29 is 8.42 Å². The smallest absolute Gasteiger partial charge is 0.269 e. The van der Waals surface area contributed by atoms with Gasteiger partial charge in [-0.15, -0.1) is 0 Å². The first kappa shape index (κ1) is 28.5. The fourth-order valence-corrected chi connectivity index (χ4v) is 6.73. The molecule has 1 aliphatic heterocycles. The lowest BCUT2D eigenvalue weighted by atomic mass is 9.97. The molecule has 218 valence electrons. The Bertz CT molecular complexity index is 1930. The predicted octanol–water partition coefficient (Wildman–Crippen LogP) is 7.23. The van der Waals surface area contributed by atoms with Crippen LogP contribution in [0.3, 0.4) is 0 Å². The van der Waals surface area contributed by atoms with Crippen molar-refractivity contribution in [3.63, 3.8) is 0 Å². The SMILES string of the molecule is Cc1ccc(S(=O)(=O)n2ccc3c(C#Cc4ccccc4C(C)C)nc(Nc4ccc(N5CCCCC5)cc4)nc32)cc1. The summed E-state index contributed by atoms with van der Waals surface area (Å²) >= 11 is 0. The van der Waals surface area contributed by atoms with Gasteiger partial charge in [0.05, 0.1) is 10.3 Å². The highest BCUT2D eigenvalue weighted by atomic mass is 32.2. The van der Waals surface area contributed by atoms with Crippen molar-refractivity contribution in [3.8, 4) is 11.8 Å². The summed E-state index contributed by atoms with van der Waals surface area (Å²) in [7, 11) is -3.90. The minimum Gasteiger partial charge on any atom is -0.372 e. The molecule has 0 radical (unpaired) electrons. The van der Waals surface area contributed by atoms with Gasteiger partial charge in [0.1, 0.15) is 5.69 Å². The van der Waals surface area contributed by atoms with E-state index >= 15 is 0 Å². The van der Waals surface area contributed by atoms with Gasteiger partial charge in [-0.3, -0.25) is 0 Å². The Morgan fingerprint density at radius 1 is 0.837 bits per heavy atom. The Hall–Kier alpha value is -4.61. The number of anilines is 3. The van der Waals surface area contributed by atoms with Crippen LogP contribution in [0.25, 0.3) is 11.0 Å². The zero-order chi connectivity index (χ0) is 30.0. The van der Waals surface area contributed by atoms with Gasteiger partial charge in [-0.2, -0.15) is 4.98 Å². The Morgan fingerprint density at radius 3 is 2.28 bits per heavy atom. The number of nitrogens with zero attached hydrogens (tertiary/aromatic N) is 4. The van der Waals surface area contributed by atoms with Gasteiger partial charge in [-0.05, 0) is 92.1 Å².